The van der Waals surface area contributed by atoms with Gasteiger partial charge >= 0.3 is 0 Å². The lowest BCUT2D eigenvalue weighted by atomic mass is 9.91. The van der Waals surface area contributed by atoms with Gasteiger partial charge in [-0.3, -0.25) is 0 Å². The number of nitrogens with zero attached hydrogens (tertiary/aromatic N) is 2. The molecule has 0 fully saturated rings. The summed E-state index contributed by atoms with van der Waals surface area (Å²) in [5.74, 6) is 0. The number of para-hydroxylation sites is 2. The van der Waals surface area contributed by atoms with E-state index in [2.05, 4.69) is 228 Å². The molecule has 0 N–H and O–H groups in total. The van der Waals surface area contributed by atoms with Crippen LogP contribution in [0.4, 0.5) is 17.1 Å². The van der Waals surface area contributed by atoms with Crippen molar-refractivity contribution in [1.82, 2.24) is 4.57 Å². The van der Waals surface area contributed by atoms with Gasteiger partial charge in [-0.15, -0.1) is 0 Å². The smallest absolute Gasteiger partial charge is 0.0546 e. The van der Waals surface area contributed by atoms with E-state index in [0.29, 0.717) is 0 Å². The monoisotopic (exact) mass is 712 g/mol. The van der Waals surface area contributed by atoms with Gasteiger partial charge in [0.05, 0.1) is 16.7 Å². The number of rotatable bonds is 6. The van der Waals surface area contributed by atoms with Gasteiger partial charge in [0.15, 0.2) is 0 Å². The van der Waals surface area contributed by atoms with Crippen molar-refractivity contribution in [1.29, 1.82) is 0 Å². The van der Waals surface area contributed by atoms with Crippen LogP contribution in [0.5, 0.6) is 0 Å². The Balaban J connectivity index is 1.17. The topological polar surface area (TPSA) is 8.17 Å². The zero-order valence-corrected chi connectivity index (χ0v) is 30.7. The molecule has 0 amide bonds. The summed E-state index contributed by atoms with van der Waals surface area (Å²) in [6, 6.07) is 79.6. The third-order valence-corrected chi connectivity index (χ3v) is 11.3. The van der Waals surface area contributed by atoms with Crippen molar-refractivity contribution in [2.24, 2.45) is 0 Å². The molecule has 0 saturated carbocycles. The fourth-order valence-corrected chi connectivity index (χ4v) is 8.87. The Kier molecular flexibility index (Phi) is 7.53. The van der Waals surface area contributed by atoms with Crippen molar-refractivity contribution in [3.05, 3.63) is 218 Å². The molecule has 0 unspecified atom stereocenters. The molecule has 0 aliphatic carbocycles. The average molecular weight is 713 g/mol. The molecule has 0 aliphatic heterocycles. The zero-order valence-electron chi connectivity index (χ0n) is 30.7. The van der Waals surface area contributed by atoms with E-state index < -0.39 is 0 Å². The minimum atomic E-state index is 1.09. The Labute approximate surface area is 325 Å². The van der Waals surface area contributed by atoms with E-state index in [4.69, 9.17) is 0 Å². The summed E-state index contributed by atoms with van der Waals surface area (Å²) in [5.41, 5.74) is 11.7. The molecule has 1 aromatic heterocycles. The van der Waals surface area contributed by atoms with Gasteiger partial charge in [0.2, 0.25) is 0 Å². The quantitative estimate of drug-likeness (QED) is 0.156. The highest BCUT2D eigenvalue weighted by Gasteiger charge is 2.20. The molecule has 11 aromatic rings. The van der Waals surface area contributed by atoms with Crippen LogP contribution in [-0.2, 0) is 0 Å². The highest BCUT2D eigenvalue weighted by atomic mass is 15.1. The highest BCUT2D eigenvalue weighted by molar-refractivity contribution is 6.15. The number of anilines is 3. The van der Waals surface area contributed by atoms with Gasteiger partial charge in [0.25, 0.3) is 0 Å². The molecule has 262 valence electrons. The van der Waals surface area contributed by atoms with Gasteiger partial charge in [0.1, 0.15) is 0 Å². The maximum atomic E-state index is 2.46. The van der Waals surface area contributed by atoms with Crippen molar-refractivity contribution >= 4 is 71.2 Å². The first-order chi connectivity index (χ1) is 27.8. The first-order valence-electron chi connectivity index (χ1n) is 19.3. The highest BCUT2D eigenvalue weighted by Crippen LogP contribution is 2.45. The van der Waals surface area contributed by atoms with E-state index in [1.807, 2.05) is 0 Å². The van der Waals surface area contributed by atoms with Crippen LogP contribution < -0.4 is 4.90 Å². The molecule has 0 saturated heterocycles. The first kappa shape index (κ1) is 32.0. The van der Waals surface area contributed by atoms with Crippen molar-refractivity contribution in [2.45, 2.75) is 0 Å². The molecular weight excluding hydrogens is 677 g/mol. The molecule has 0 spiro atoms. The van der Waals surface area contributed by atoms with Crippen LogP contribution in [0.2, 0.25) is 0 Å². The van der Waals surface area contributed by atoms with Gasteiger partial charge in [-0.2, -0.15) is 0 Å². The second-order valence-corrected chi connectivity index (χ2v) is 14.5. The summed E-state index contributed by atoms with van der Waals surface area (Å²) in [6.07, 6.45) is 0. The van der Waals surface area contributed by atoms with Crippen LogP contribution in [0.25, 0.3) is 82.1 Å². The summed E-state index contributed by atoms with van der Waals surface area (Å²) < 4.78 is 2.41. The molecule has 2 nitrogen and oxygen atoms in total. The van der Waals surface area contributed by atoms with Crippen molar-refractivity contribution in [3.8, 4) is 27.9 Å². The Morgan fingerprint density at radius 2 is 0.839 bits per heavy atom. The van der Waals surface area contributed by atoms with E-state index in [1.165, 1.54) is 76.4 Å². The second-order valence-electron chi connectivity index (χ2n) is 14.5. The van der Waals surface area contributed by atoms with Gasteiger partial charge in [-0.05, 0) is 97.7 Å². The van der Waals surface area contributed by atoms with E-state index in [9.17, 15) is 0 Å². The summed E-state index contributed by atoms with van der Waals surface area (Å²) in [4.78, 5) is 2.46. The molecule has 0 aliphatic rings. The van der Waals surface area contributed by atoms with Gasteiger partial charge in [-0.25, -0.2) is 0 Å². The van der Waals surface area contributed by atoms with Crippen LogP contribution in [0.1, 0.15) is 0 Å². The zero-order chi connectivity index (χ0) is 37.0. The third-order valence-electron chi connectivity index (χ3n) is 11.3. The average Bonchev–Trinajstić information content (AvgIpc) is 3.61. The lowest BCUT2D eigenvalue weighted by Gasteiger charge is -2.28. The van der Waals surface area contributed by atoms with Crippen LogP contribution >= 0.6 is 0 Å². The minimum absolute atomic E-state index is 1.09. The van der Waals surface area contributed by atoms with Gasteiger partial charge in [-0.1, -0.05) is 170 Å². The Morgan fingerprint density at radius 3 is 1.57 bits per heavy atom. The number of aromatic nitrogens is 1. The van der Waals surface area contributed by atoms with E-state index in [1.54, 1.807) is 0 Å². The number of hydrogen-bond donors (Lipinski definition) is 0. The molecule has 2 heteroatoms. The van der Waals surface area contributed by atoms with Crippen molar-refractivity contribution in [3.63, 3.8) is 0 Å². The lowest BCUT2D eigenvalue weighted by molar-refractivity contribution is 1.17. The number of benzene rings is 10. The van der Waals surface area contributed by atoms with Crippen LogP contribution in [-0.4, -0.2) is 4.57 Å². The molecule has 56 heavy (non-hydrogen) atoms. The van der Waals surface area contributed by atoms with Crippen molar-refractivity contribution < 1.29 is 0 Å². The summed E-state index contributed by atoms with van der Waals surface area (Å²) >= 11 is 0. The molecule has 0 radical (unpaired) electrons. The molecule has 10 aromatic carbocycles. The normalized spacial score (nSPS) is 11.6. The van der Waals surface area contributed by atoms with Crippen LogP contribution in [0.15, 0.2) is 218 Å². The predicted molar refractivity (Wildman–Crippen MR) is 239 cm³/mol. The molecule has 0 atom stereocenters. The van der Waals surface area contributed by atoms with Crippen LogP contribution in [0, 0.1) is 0 Å². The third kappa shape index (κ3) is 5.19. The van der Waals surface area contributed by atoms with E-state index >= 15 is 0 Å². The van der Waals surface area contributed by atoms with E-state index in [-0.39, 0.29) is 0 Å². The standard InChI is InChI=1S/C54H36N2/c1-2-16-37(17-3-1)45-30-13-19-38-20-14-31-46(54(38)45)39-21-12-22-41(34-39)55(53-35-40-18-4-5-25-44(40)47-26-6-7-27-48(47)53)42-23-15-24-43(36-42)56-51-32-10-8-28-49(51)50-29-9-11-33-52(50)56/h1-36H. The molecule has 1 heterocycles. The summed E-state index contributed by atoms with van der Waals surface area (Å²) in [7, 11) is 0. The second kappa shape index (κ2) is 13.2. The Hall–Kier alpha value is -7.42. The SMILES string of the molecule is c1ccc(-c2cccc3cccc(-c4cccc(N(c5cccc(-n6c7ccccc7c7ccccc76)c5)c5cc6ccccc6c6ccccc56)c4)c23)cc1. The summed E-state index contributed by atoms with van der Waals surface area (Å²) in [5, 5.41) is 9.90. The number of hydrogen-bond acceptors (Lipinski definition) is 1. The number of fused-ring (bicyclic) bond motifs is 7. The fraction of sp³-hybridized carbons (Fsp3) is 0. The fourth-order valence-electron chi connectivity index (χ4n) is 8.87. The largest absolute Gasteiger partial charge is 0.310 e. The van der Waals surface area contributed by atoms with Gasteiger partial charge < -0.3 is 9.47 Å². The maximum Gasteiger partial charge on any atom is 0.0546 e. The molecule has 11 rings (SSSR count). The predicted octanol–water partition coefficient (Wildman–Crippen LogP) is 15.0. The first-order valence-corrected chi connectivity index (χ1v) is 19.3. The minimum Gasteiger partial charge on any atom is -0.310 e. The van der Waals surface area contributed by atoms with Gasteiger partial charge in [0, 0.05) is 33.2 Å². The van der Waals surface area contributed by atoms with E-state index in [0.717, 1.165) is 22.7 Å². The van der Waals surface area contributed by atoms with Crippen LogP contribution in [0.3, 0.4) is 0 Å². The Bertz CT molecular complexity index is 3210. The Morgan fingerprint density at radius 1 is 0.321 bits per heavy atom. The summed E-state index contributed by atoms with van der Waals surface area (Å²) in [6.45, 7) is 0. The molecule has 0 bridgehead atoms. The molecular formula is C54H36N2. The lowest BCUT2D eigenvalue weighted by Crippen LogP contribution is -2.11. The van der Waals surface area contributed by atoms with Crippen molar-refractivity contribution in [2.75, 3.05) is 4.90 Å². The maximum absolute atomic E-state index is 2.46.